The molecule has 6 heteroatoms. The molecule has 5 nitrogen and oxygen atoms in total. The van der Waals surface area contributed by atoms with E-state index in [1.54, 1.807) is 12.1 Å². The first kappa shape index (κ1) is 16.4. The number of likely N-dealkylation sites (tertiary alicyclic amines) is 1. The second-order valence-electron chi connectivity index (χ2n) is 5.87. The van der Waals surface area contributed by atoms with Crippen molar-refractivity contribution >= 4 is 34.7 Å². The third-order valence-electron chi connectivity index (χ3n) is 4.10. The SMILES string of the molecule is Cc1cc(C(=O)Nc2ccc(CN3C(=O)CCC3=O)cc2)sc1C. The highest BCUT2D eigenvalue weighted by Gasteiger charge is 2.28. The molecule has 0 saturated carbocycles. The summed E-state index contributed by atoms with van der Waals surface area (Å²) in [5.74, 6) is -0.379. The summed E-state index contributed by atoms with van der Waals surface area (Å²) in [6.45, 7) is 4.26. The van der Waals surface area contributed by atoms with Crippen LogP contribution in [0, 0.1) is 13.8 Å². The Morgan fingerprint density at radius 3 is 2.29 bits per heavy atom. The molecule has 3 amide bonds. The molecule has 1 aliphatic rings. The number of nitrogens with one attached hydrogen (secondary N) is 1. The van der Waals surface area contributed by atoms with Gasteiger partial charge in [0, 0.05) is 23.4 Å². The van der Waals surface area contributed by atoms with Crippen molar-refractivity contribution in [2.45, 2.75) is 33.2 Å². The van der Waals surface area contributed by atoms with Gasteiger partial charge in [0.25, 0.3) is 5.91 Å². The fourth-order valence-corrected chi connectivity index (χ4v) is 3.48. The van der Waals surface area contributed by atoms with Gasteiger partial charge in [-0.25, -0.2) is 0 Å². The van der Waals surface area contributed by atoms with Crippen LogP contribution in [-0.2, 0) is 16.1 Å². The number of thiophene rings is 1. The van der Waals surface area contributed by atoms with Crippen LogP contribution in [0.1, 0.15) is 38.5 Å². The van der Waals surface area contributed by atoms with Gasteiger partial charge in [-0.3, -0.25) is 19.3 Å². The molecule has 124 valence electrons. The number of imide groups is 1. The van der Waals surface area contributed by atoms with Crippen LogP contribution in [0.15, 0.2) is 30.3 Å². The summed E-state index contributed by atoms with van der Waals surface area (Å²) in [5, 5.41) is 2.86. The number of nitrogens with zero attached hydrogens (tertiary/aromatic N) is 1. The number of hydrogen-bond donors (Lipinski definition) is 1. The monoisotopic (exact) mass is 342 g/mol. The van der Waals surface area contributed by atoms with E-state index in [4.69, 9.17) is 0 Å². The Morgan fingerprint density at radius 2 is 1.75 bits per heavy atom. The minimum Gasteiger partial charge on any atom is -0.321 e. The smallest absolute Gasteiger partial charge is 0.265 e. The molecule has 1 aliphatic heterocycles. The number of anilines is 1. The van der Waals surface area contributed by atoms with Crippen molar-refractivity contribution in [2.75, 3.05) is 5.32 Å². The number of carbonyl (C=O) groups excluding carboxylic acids is 3. The van der Waals surface area contributed by atoms with E-state index in [0.29, 0.717) is 23.4 Å². The molecule has 2 heterocycles. The summed E-state index contributed by atoms with van der Waals surface area (Å²) in [6, 6.07) is 9.09. The summed E-state index contributed by atoms with van der Waals surface area (Å²) in [6.07, 6.45) is 0.596. The van der Waals surface area contributed by atoms with Crippen molar-refractivity contribution in [3.05, 3.63) is 51.2 Å². The normalized spacial score (nSPS) is 14.3. The first-order valence-electron chi connectivity index (χ1n) is 7.74. The molecule has 3 rings (SSSR count). The molecule has 0 spiro atoms. The van der Waals surface area contributed by atoms with Crippen molar-refractivity contribution in [1.82, 2.24) is 4.90 Å². The molecule has 1 N–H and O–H groups in total. The number of benzene rings is 1. The third kappa shape index (κ3) is 3.38. The average molecular weight is 342 g/mol. The van der Waals surface area contributed by atoms with E-state index in [9.17, 15) is 14.4 Å². The highest BCUT2D eigenvalue weighted by Crippen LogP contribution is 2.22. The summed E-state index contributed by atoms with van der Waals surface area (Å²) < 4.78 is 0. The Morgan fingerprint density at radius 1 is 1.12 bits per heavy atom. The van der Waals surface area contributed by atoms with E-state index in [-0.39, 0.29) is 24.3 Å². The van der Waals surface area contributed by atoms with Crippen molar-refractivity contribution < 1.29 is 14.4 Å². The van der Waals surface area contributed by atoms with Gasteiger partial charge < -0.3 is 5.32 Å². The van der Waals surface area contributed by atoms with Gasteiger partial charge in [0.05, 0.1) is 11.4 Å². The highest BCUT2D eigenvalue weighted by atomic mass is 32.1. The second-order valence-corrected chi connectivity index (χ2v) is 7.13. The lowest BCUT2D eigenvalue weighted by atomic mass is 10.2. The Hall–Kier alpha value is -2.47. The van der Waals surface area contributed by atoms with Crippen molar-refractivity contribution in [3.8, 4) is 0 Å². The Bertz CT molecular complexity index is 773. The maximum Gasteiger partial charge on any atom is 0.265 e. The van der Waals surface area contributed by atoms with Crippen molar-refractivity contribution in [2.24, 2.45) is 0 Å². The topological polar surface area (TPSA) is 66.5 Å². The molecule has 1 aromatic carbocycles. The fraction of sp³-hybridized carbons (Fsp3) is 0.278. The number of aryl methyl sites for hydroxylation is 2. The van der Waals surface area contributed by atoms with Crippen LogP contribution >= 0.6 is 11.3 Å². The van der Waals surface area contributed by atoms with Gasteiger partial charge >= 0.3 is 0 Å². The molecular formula is C18H18N2O3S. The maximum atomic E-state index is 12.2. The minimum atomic E-state index is -0.131. The second kappa shape index (κ2) is 6.57. The summed E-state index contributed by atoms with van der Waals surface area (Å²) in [4.78, 5) is 38.6. The van der Waals surface area contributed by atoms with Gasteiger partial charge in [0.1, 0.15) is 0 Å². The van der Waals surface area contributed by atoms with Crippen LogP contribution in [0.5, 0.6) is 0 Å². The molecule has 0 bridgehead atoms. The molecule has 24 heavy (non-hydrogen) atoms. The number of hydrogen-bond acceptors (Lipinski definition) is 4. The quantitative estimate of drug-likeness (QED) is 0.867. The van der Waals surface area contributed by atoms with Gasteiger partial charge in [0.15, 0.2) is 0 Å². The van der Waals surface area contributed by atoms with Crippen LogP contribution in [0.25, 0.3) is 0 Å². The van der Waals surface area contributed by atoms with Gasteiger partial charge in [-0.2, -0.15) is 0 Å². The van der Waals surface area contributed by atoms with Gasteiger partial charge in [0.2, 0.25) is 11.8 Å². The van der Waals surface area contributed by atoms with E-state index in [1.165, 1.54) is 16.2 Å². The highest BCUT2D eigenvalue weighted by molar-refractivity contribution is 7.14. The number of carbonyl (C=O) groups is 3. The van der Waals surface area contributed by atoms with Crippen LogP contribution in [-0.4, -0.2) is 22.6 Å². The summed E-state index contributed by atoms with van der Waals surface area (Å²) in [7, 11) is 0. The lowest BCUT2D eigenvalue weighted by Crippen LogP contribution is -2.28. The van der Waals surface area contributed by atoms with E-state index < -0.39 is 0 Å². The Balaban J connectivity index is 1.65. The predicted molar refractivity (Wildman–Crippen MR) is 93.0 cm³/mol. The molecule has 0 aliphatic carbocycles. The fourth-order valence-electron chi connectivity index (χ4n) is 2.55. The zero-order chi connectivity index (χ0) is 17.3. The standard InChI is InChI=1S/C18H18N2O3S/c1-11-9-15(24-12(11)2)18(23)19-14-5-3-13(4-6-14)10-20-16(21)7-8-17(20)22/h3-6,9H,7-8,10H2,1-2H3,(H,19,23). The van der Waals surface area contributed by atoms with Gasteiger partial charge in [-0.05, 0) is 43.2 Å². The third-order valence-corrected chi connectivity index (χ3v) is 5.25. The first-order chi connectivity index (χ1) is 11.4. The number of amides is 3. The maximum absolute atomic E-state index is 12.2. The molecule has 2 aromatic rings. The minimum absolute atomic E-state index is 0.124. The molecule has 1 aromatic heterocycles. The number of rotatable bonds is 4. The molecule has 1 fully saturated rings. The van der Waals surface area contributed by atoms with Crippen molar-refractivity contribution in [1.29, 1.82) is 0 Å². The van der Waals surface area contributed by atoms with Gasteiger partial charge in [-0.15, -0.1) is 11.3 Å². The van der Waals surface area contributed by atoms with E-state index >= 15 is 0 Å². The Labute approximate surface area is 144 Å². The van der Waals surface area contributed by atoms with Crippen LogP contribution in [0.2, 0.25) is 0 Å². The molecule has 0 unspecified atom stereocenters. The first-order valence-corrected chi connectivity index (χ1v) is 8.56. The Kier molecular flexibility index (Phi) is 4.49. The summed E-state index contributed by atoms with van der Waals surface area (Å²) >= 11 is 1.47. The zero-order valence-electron chi connectivity index (χ0n) is 13.6. The summed E-state index contributed by atoms with van der Waals surface area (Å²) in [5.41, 5.74) is 2.66. The van der Waals surface area contributed by atoms with E-state index in [0.717, 1.165) is 16.0 Å². The molecule has 1 saturated heterocycles. The molecule has 0 radical (unpaired) electrons. The zero-order valence-corrected chi connectivity index (χ0v) is 14.4. The van der Waals surface area contributed by atoms with Crippen LogP contribution < -0.4 is 5.32 Å². The van der Waals surface area contributed by atoms with E-state index in [1.807, 2.05) is 32.0 Å². The van der Waals surface area contributed by atoms with Crippen LogP contribution in [0.4, 0.5) is 5.69 Å². The lowest BCUT2D eigenvalue weighted by Gasteiger charge is -2.14. The van der Waals surface area contributed by atoms with Crippen molar-refractivity contribution in [3.63, 3.8) is 0 Å². The molecular weight excluding hydrogens is 324 g/mol. The largest absolute Gasteiger partial charge is 0.321 e. The molecule has 0 atom stereocenters. The lowest BCUT2D eigenvalue weighted by molar-refractivity contribution is -0.139. The van der Waals surface area contributed by atoms with E-state index in [2.05, 4.69) is 5.32 Å². The van der Waals surface area contributed by atoms with Gasteiger partial charge in [-0.1, -0.05) is 12.1 Å². The predicted octanol–water partition coefficient (Wildman–Crippen LogP) is 3.27. The van der Waals surface area contributed by atoms with Crippen LogP contribution in [0.3, 0.4) is 0 Å². The average Bonchev–Trinajstić information content (AvgIpc) is 3.06.